The maximum atomic E-state index is 11.5. The molecule has 0 saturated heterocycles. The average molecular weight is 247 g/mol. The van der Waals surface area contributed by atoms with Crippen molar-refractivity contribution in [2.24, 2.45) is 0 Å². The molecule has 7 heteroatoms. The van der Waals surface area contributed by atoms with Gasteiger partial charge in [0.1, 0.15) is 0 Å². The first kappa shape index (κ1) is 12.3. The zero-order chi connectivity index (χ0) is 11.3. The Bertz CT molecular complexity index is 365. The van der Waals surface area contributed by atoms with Crippen molar-refractivity contribution < 1.29 is 9.00 Å². The molecular formula is C8H13N3O2S2. The van der Waals surface area contributed by atoms with E-state index in [1.807, 2.05) is 0 Å². The molecule has 1 N–H and O–H groups in total. The van der Waals surface area contributed by atoms with Crippen molar-refractivity contribution in [2.45, 2.75) is 24.1 Å². The molecule has 1 atom stereocenters. The number of hydrogen-bond acceptors (Lipinski definition) is 5. The van der Waals surface area contributed by atoms with Gasteiger partial charge in [-0.3, -0.25) is 9.00 Å². The molecular weight excluding hydrogens is 234 g/mol. The molecule has 0 spiro atoms. The van der Waals surface area contributed by atoms with Crippen molar-refractivity contribution in [1.82, 2.24) is 15.5 Å². The molecule has 0 radical (unpaired) electrons. The third-order valence-electron chi connectivity index (χ3n) is 1.66. The van der Waals surface area contributed by atoms with Crippen LogP contribution in [0.5, 0.6) is 0 Å². The molecule has 5 nitrogen and oxygen atoms in total. The van der Waals surface area contributed by atoms with Gasteiger partial charge in [0.15, 0.2) is 0 Å². The molecule has 84 valence electrons. The standard InChI is InChI=1S/C8H13N3O2S2/c1-3-4-5-9-6(12)7-10-11-8(14-7)15(2)13/h3-5H2,1-2H3,(H,9,12). The van der Waals surface area contributed by atoms with Gasteiger partial charge >= 0.3 is 0 Å². The van der Waals surface area contributed by atoms with Crippen LogP contribution < -0.4 is 5.32 Å². The van der Waals surface area contributed by atoms with Crippen molar-refractivity contribution in [2.75, 3.05) is 12.8 Å². The highest BCUT2D eigenvalue weighted by molar-refractivity contribution is 7.86. The highest BCUT2D eigenvalue weighted by atomic mass is 32.2. The fraction of sp³-hybridized carbons (Fsp3) is 0.625. The molecule has 0 saturated carbocycles. The third kappa shape index (κ3) is 3.67. The van der Waals surface area contributed by atoms with Gasteiger partial charge in [-0.05, 0) is 6.42 Å². The summed E-state index contributed by atoms with van der Waals surface area (Å²) in [6, 6.07) is 0. The maximum Gasteiger partial charge on any atom is 0.282 e. The van der Waals surface area contributed by atoms with Crippen LogP contribution in [0, 0.1) is 0 Å². The van der Waals surface area contributed by atoms with E-state index in [-0.39, 0.29) is 10.9 Å². The van der Waals surface area contributed by atoms with Crippen LogP contribution in [0.25, 0.3) is 0 Å². The lowest BCUT2D eigenvalue weighted by Gasteiger charge is -1.99. The average Bonchev–Trinajstić information content (AvgIpc) is 2.66. The van der Waals surface area contributed by atoms with Crippen LogP contribution in [0.4, 0.5) is 0 Å². The van der Waals surface area contributed by atoms with Gasteiger partial charge in [-0.1, -0.05) is 24.7 Å². The highest BCUT2D eigenvalue weighted by Gasteiger charge is 2.13. The lowest BCUT2D eigenvalue weighted by Crippen LogP contribution is -2.24. The van der Waals surface area contributed by atoms with Gasteiger partial charge in [0, 0.05) is 12.8 Å². The second kappa shape index (κ2) is 5.92. The van der Waals surface area contributed by atoms with Crippen molar-refractivity contribution in [1.29, 1.82) is 0 Å². The van der Waals surface area contributed by atoms with E-state index in [0.717, 1.165) is 24.2 Å². The minimum absolute atomic E-state index is 0.238. The molecule has 1 unspecified atom stereocenters. The van der Waals surface area contributed by atoms with Gasteiger partial charge < -0.3 is 5.32 Å². The predicted octanol–water partition coefficient (Wildman–Crippen LogP) is 0.805. The van der Waals surface area contributed by atoms with Gasteiger partial charge in [-0.2, -0.15) is 0 Å². The number of hydrogen-bond donors (Lipinski definition) is 1. The predicted molar refractivity (Wildman–Crippen MR) is 59.5 cm³/mol. The fourth-order valence-corrected chi connectivity index (χ4v) is 2.23. The van der Waals surface area contributed by atoms with E-state index in [1.165, 1.54) is 6.26 Å². The van der Waals surface area contributed by atoms with Crippen molar-refractivity contribution >= 4 is 28.0 Å². The minimum atomic E-state index is -1.17. The van der Waals surface area contributed by atoms with Crippen LogP contribution in [0.2, 0.25) is 0 Å². The van der Waals surface area contributed by atoms with E-state index in [2.05, 4.69) is 22.4 Å². The number of nitrogens with one attached hydrogen (secondary N) is 1. The van der Waals surface area contributed by atoms with Gasteiger partial charge in [-0.25, -0.2) is 0 Å². The molecule has 0 fully saturated rings. The van der Waals surface area contributed by atoms with E-state index in [0.29, 0.717) is 10.9 Å². The fourth-order valence-electron chi connectivity index (χ4n) is 0.872. The monoisotopic (exact) mass is 247 g/mol. The number of nitrogens with zero attached hydrogens (tertiary/aromatic N) is 2. The summed E-state index contributed by atoms with van der Waals surface area (Å²) in [5, 5.41) is 10.3. The summed E-state index contributed by atoms with van der Waals surface area (Å²) in [4.78, 5) is 11.5. The summed E-state index contributed by atoms with van der Waals surface area (Å²) in [7, 11) is -1.17. The zero-order valence-corrected chi connectivity index (χ0v) is 10.3. The Morgan fingerprint density at radius 3 is 2.80 bits per heavy atom. The lowest BCUT2D eigenvalue weighted by molar-refractivity contribution is 0.0952. The number of carbonyl (C=O) groups excluding carboxylic acids is 1. The number of amides is 1. The Balaban J connectivity index is 2.54. The first-order valence-corrected chi connectivity index (χ1v) is 6.97. The molecule has 0 aliphatic rings. The van der Waals surface area contributed by atoms with Crippen LogP contribution in [-0.2, 0) is 10.8 Å². The summed E-state index contributed by atoms with van der Waals surface area (Å²) in [5.74, 6) is -0.238. The van der Waals surface area contributed by atoms with Gasteiger partial charge in [0.05, 0.1) is 10.8 Å². The molecule has 0 aromatic carbocycles. The Kier molecular flexibility index (Phi) is 4.83. The summed E-state index contributed by atoms with van der Waals surface area (Å²) in [6.45, 7) is 2.69. The van der Waals surface area contributed by atoms with Gasteiger partial charge in [-0.15, -0.1) is 10.2 Å². The number of carbonyl (C=O) groups is 1. The normalized spacial score (nSPS) is 12.4. The largest absolute Gasteiger partial charge is 0.350 e. The summed E-state index contributed by atoms with van der Waals surface area (Å²) < 4.78 is 11.4. The lowest BCUT2D eigenvalue weighted by atomic mass is 10.3. The molecule has 1 aromatic rings. The summed E-state index contributed by atoms with van der Waals surface area (Å²) >= 11 is 1.07. The van der Waals surface area contributed by atoms with E-state index in [4.69, 9.17) is 0 Å². The molecule has 1 amide bonds. The van der Waals surface area contributed by atoms with Gasteiger partial charge in [0.25, 0.3) is 5.91 Å². The van der Waals surface area contributed by atoms with E-state index in [1.54, 1.807) is 0 Å². The van der Waals surface area contributed by atoms with Crippen LogP contribution in [0.1, 0.15) is 29.6 Å². The number of aromatic nitrogens is 2. The van der Waals surface area contributed by atoms with Crippen molar-refractivity contribution in [3.63, 3.8) is 0 Å². The molecule has 0 bridgehead atoms. The van der Waals surface area contributed by atoms with Crippen LogP contribution in [0.3, 0.4) is 0 Å². The smallest absolute Gasteiger partial charge is 0.282 e. The minimum Gasteiger partial charge on any atom is -0.350 e. The van der Waals surface area contributed by atoms with Crippen LogP contribution >= 0.6 is 11.3 Å². The Morgan fingerprint density at radius 2 is 2.27 bits per heavy atom. The Hall–Kier alpha value is -0.820. The summed E-state index contributed by atoms with van der Waals surface area (Å²) in [5.41, 5.74) is 0. The van der Waals surface area contributed by atoms with Gasteiger partial charge in [0.2, 0.25) is 9.35 Å². The molecule has 1 aromatic heterocycles. The van der Waals surface area contributed by atoms with Crippen LogP contribution in [0.15, 0.2) is 4.34 Å². The van der Waals surface area contributed by atoms with E-state index in [9.17, 15) is 9.00 Å². The topological polar surface area (TPSA) is 72.0 Å². The van der Waals surface area contributed by atoms with E-state index < -0.39 is 10.8 Å². The summed E-state index contributed by atoms with van der Waals surface area (Å²) in [6.07, 6.45) is 3.48. The molecule has 15 heavy (non-hydrogen) atoms. The zero-order valence-electron chi connectivity index (χ0n) is 8.65. The Morgan fingerprint density at radius 1 is 1.53 bits per heavy atom. The first-order valence-electron chi connectivity index (χ1n) is 4.60. The number of unbranched alkanes of at least 4 members (excludes halogenated alkanes) is 1. The molecule has 1 rings (SSSR count). The SMILES string of the molecule is CCCCNC(=O)c1nnc(S(C)=O)s1. The second-order valence-corrected chi connectivity index (χ2v) is 5.47. The highest BCUT2D eigenvalue weighted by Crippen LogP contribution is 2.12. The molecule has 0 aliphatic heterocycles. The van der Waals surface area contributed by atoms with Crippen molar-refractivity contribution in [3.05, 3.63) is 5.01 Å². The second-order valence-electron chi connectivity index (χ2n) is 2.94. The van der Waals surface area contributed by atoms with Crippen molar-refractivity contribution in [3.8, 4) is 0 Å². The first-order chi connectivity index (χ1) is 7.15. The molecule has 0 aliphatic carbocycles. The maximum absolute atomic E-state index is 11.5. The molecule has 1 heterocycles. The van der Waals surface area contributed by atoms with Crippen LogP contribution in [-0.4, -0.2) is 33.1 Å². The third-order valence-corrected chi connectivity index (χ3v) is 3.91. The quantitative estimate of drug-likeness (QED) is 0.781. The Labute approximate surface area is 94.8 Å². The van der Waals surface area contributed by atoms with E-state index >= 15 is 0 Å². The number of rotatable bonds is 5.